The van der Waals surface area contributed by atoms with E-state index in [4.69, 9.17) is 4.42 Å². The maximum Gasteiger partial charge on any atom is 0.264 e. The van der Waals surface area contributed by atoms with Crippen molar-refractivity contribution in [3.8, 4) is 5.69 Å². The Morgan fingerprint density at radius 2 is 1.33 bits per heavy atom. The van der Waals surface area contributed by atoms with Crippen LogP contribution in [0.2, 0.25) is 0 Å². The molecule has 6 aromatic carbocycles. The van der Waals surface area contributed by atoms with Crippen LogP contribution >= 0.6 is 11.3 Å². The van der Waals surface area contributed by atoms with Gasteiger partial charge in [-0.3, -0.25) is 0 Å². The highest BCUT2D eigenvalue weighted by Crippen LogP contribution is 2.48. The monoisotopic (exact) mass is 676 g/mol. The van der Waals surface area contributed by atoms with Crippen molar-refractivity contribution in [1.29, 1.82) is 0 Å². The van der Waals surface area contributed by atoms with Gasteiger partial charge < -0.3 is 13.9 Å². The third-order valence-corrected chi connectivity index (χ3v) is 12.7. The molecule has 0 aliphatic carbocycles. The van der Waals surface area contributed by atoms with Gasteiger partial charge in [0.2, 0.25) is 0 Å². The van der Waals surface area contributed by atoms with Crippen LogP contribution in [0.15, 0.2) is 120 Å². The molecule has 9 aromatic rings. The van der Waals surface area contributed by atoms with Crippen molar-refractivity contribution in [3.63, 3.8) is 0 Å². The van der Waals surface area contributed by atoms with Gasteiger partial charge in [0.1, 0.15) is 11.2 Å². The average Bonchev–Trinajstić information content (AvgIpc) is 3.79. The van der Waals surface area contributed by atoms with E-state index in [-0.39, 0.29) is 17.5 Å². The molecule has 3 aromatic heterocycles. The number of aromatic nitrogens is 1. The first-order valence-corrected chi connectivity index (χ1v) is 18.9. The molecule has 51 heavy (non-hydrogen) atoms. The molecule has 246 valence electrons. The summed E-state index contributed by atoms with van der Waals surface area (Å²) in [6.45, 7) is 13.9. The molecule has 0 bridgehead atoms. The second-order valence-corrected chi connectivity index (χ2v) is 17.7. The van der Waals surface area contributed by atoms with Crippen molar-refractivity contribution in [1.82, 2.24) is 4.57 Å². The molecule has 2 aliphatic heterocycles. The number of furan rings is 1. The molecule has 0 fully saturated rings. The number of anilines is 3. The number of fused-ring (bicyclic) bond motifs is 13. The van der Waals surface area contributed by atoms with E-state index in [9.17, 15) is 0 Å². The predicted molar refractivity (Wildman–Crippen MR) is 220 cm³/mol. The van der Waals surface area contributed by atoms with Crippen molar-refractivity contribution >= 4 is 105 Å². The summed E-state index contributed by atoms with van der Waals surface area (Å²) in [6, 6.07) is 43.3. The number of thiophene rings is 1. The van der Waals surface area contributed by atoms with Gasteiger partial charge in [-0.2, -0.15) is 0 Å². The van der Waals surface area contributed by atoms with Crippen LogP contribution in [-0.4, -0.2) is 11.3 Å². The highest BCUT2D eigenvalue weighted by molar-refractivity contribution is 7.33. The third-order valence-electron chi connectivity index (χ3n) is 11.5. The minimum atomic E-state index is 0.0350. The van der Waals surface area contributed by atoms with Crippen LogP contribution < -0.4 is 20.6 Å². The van der Waals surface area contributed by atoms with Crippen molar-refractivity contribution < 1.29 is 4.42 Å². The van der Waals surface area contributed by atoms with Gasteiger partial charge >= 0.3 is 0 Å². The van der Waals surface area contributed by atoms with Crippen LogP contribution in [0.5, 0.6) is 0 Å². The van der Waals surface area contributed by atoms with Gasteiger partial charge in [-0.15, -0.1) is 11.3 Å². The summed E-state index contributed by atoms with van der Waals surface area (Å²) in [4.78, 5) is 2.57. The normalized spacial score (nSPS) is 14.0. The lowest BCUT2D eigenvalue weighted by Gasteiger charge is -2.39. The van der Waals surface area contributed by atoms with E-state index in [0.717, 1.165) is 11.2 Å². The molecule has 2 aliphatic rings. The van der Waals surface area contributed by atoms with Crippen molar-refractivity contribution in [2.45, 2.75) is 52.4 Å². The summed E-state index contributed by atoms with van der Waals surface area (Å²) < 4.78 is 12.0. The van der Waals surface area contributed by atoms with Gasteiger partial charge in [0.15, 0.2) is 0 Å². The first-order valence-electron chi connectivity index (χ1n) is 18.1. The van der Waals surface area contributed by atoms with Gasteiger partial charge in [-0.1, -0.05) is 108 Å². The van der Waals surface area contributed by atoms with E-state index in [1.807, 2.05) is 11.3 Å². The Balaban J connectivity index is 1.31. The van der Waals surface area contributed by atoms with E-state index in [0.29, 0.717) is 0 Å². The Bertz CT molecular complexity index is 2950. The topological polar surface area (TPSA) is 21.3 Å². The molecule has 0 saturated carbocycles. The second kappa shape index (κ2) is 9.74. The van der Waals surface area contributed by atoms with Gasteiger partial charge in [-0.05, 0) is 81.4 Å². The van der Waals surface area contributed by atoms with E-state index in [2.05, 4.69) is 166 Å². The van der Waals surface area contributed by atoms with Crippen molar-refractivity contribution in [2.24, 2.45) is 0 Å². The zero-order valence-corrected chi connectivity index (χ0v) is 30.6. The molecule has 5 heterocycles. The molecule has 3 nitrogen and oxygen atoms in total. The average molecular weight is 677 g/mol. The number of rotatable bonds is 1. The van der Waals surface area contributed by atoms with Crippen molar-refractivity contribution in [2.75, 3.05) is 4.90 Å². The number of nitrogens with zero attached hydrogens (tertiary/aromatic N) is 2. The molecular weight excluding hydrogens is 639 g/mol. The molecule has 5 heteroatoms. The maximum absolute atomic E-state index is 6.76. The lowest BCUT2D eigenvalue weighted by Crippen LogP contribution is -2.59. The third kappa shape index (κ3) is 3.85. The number of hydrogen-bond donors (Lipinski definition) is 0. The van der Waals surface area contributed by atoms with Gasteiger partial charge in [0.05, 0.1) is 22.1 Å². The number of hydrogen-bond acceptors (Lipinski definition) is 3. The van der Waals surface area contributed by atoms with Crippen LogP contribution in [0.4, 0.5) is 17.1 Å². The van der Waals surface area contributed by atoms with Crippen LogP contribution in [0.25, 0.3) is 59.5 Å². The highest BCUT2D eigenvalue weighted by atomic mass is 32.1. The molecule has 0 N–H and O–H groups in total. The quantitative estimate of drug-likeness (QED) is 0.161. The fourth-order valence-corrected chi connectivity index (χ4v) is 10.3. The molecular formula is C46H37BN2OS. The summed E-state index contributed by atoms with van der Waals surface area (Å²) in [7, 11) is 0. The predicted octanol–water partition coefficient (Wildman–Crippen LogP) is 11.1. The summed E-state index contributed by atoms with van der Waals surface area (Å²) in [5.74, 6) is 0. The summed E-state index contributed by atoms with van der Waals surface area (Å²) in [5, 5.41) is 6.13. The van der Waals surface area contributed by atoms with Gasteiger partial charge in [0.25, 0.3) is 6.71 Å². The fraction of sp³-hybridized carbons (Fsp3) is 0.174. The summed E-state index contributed by atoms with van der Waals surface area (Å²) in [5.41, 5.74) is 14.9. The Hall–Kier alpha value is -5.26. The molecule has 0 unspecified atom stereocenters. The zero-order valence-electron chi connectivity index (χ0n) is 29.8. The molecule has 0 saturated heterocycles. The minimum Gasteiger partial charge on any atom is -0.455 e. The molecule has 0 amide bonds. The fourth-order valence-electron chi connectivity index (χ4n) is 8.98. The molecule has 0 radical (unpaired) electrons. The van der Waals surface area contributed by atoms with Crippen LogP contribution in [0.3, 0.4) is 0 Å². The standard InChI is InChI=1S/C46H37BN2OS/c1-45(2,3)26-18-21-28(22-19-26)48-35-15-11-16-36-40(35)47(44-41(48)32-24-27(46(4,5)6)20-23-38(32)51-44)33-25-31-29-12-8-10-17-37(29)50-43(31)39-30-13-7-9-14-34(30)49(36)42(33)39/h7-25H,1-6H3. The lowest BCUT2D eigenvalue weighted by molar-refractivity contribution is 0.590. The lowest BCUT2D eigenvalue weighted by atomic mass is 9.36. The Kier molecular flexibility index (Phi) is 5.63. The maximum atomic E-state index is 6.76. The zero-order chi connectivity index (χ0) is 34.6. The van der Waals surface area contributed by atoms with Gasteiger partial charge in [0, 0.05) is 48.1 Å². The van der Waals surface area contributed by atoms with Crippen LogP contribution in [0, 0.1) is 0 Å². The number of benzene rings is 6. The van der Waals surface area contributed by atoms with Crippen molar-refractivity contribution in [3.05, 3.63) is 126 Å². The Morgan fingerprint density at radius 3 is 2.12 bits per heavy atom. The van der Waals surface area contributed by atoms with E-state index >= 15 is 0 Å². The number of para-hydroxylation sites is 2. The molecule has 11 rings (SSSR count). The van der Waals surface area contributed by atoms with E-state index in [1.165, 1.54) is 92.2 Å². The first-order chi connectivity index (χ1) is 24.6. The Morgan fingerprint density at radius 1 is 0.627 bits per heavy atom. The second-order valence-electron chi connectivity index (χ2n) is 16.6. The smallest absolute Gasteiger partial charge is 0.264 e. The highest BCUT2D eigenvalue weighted by Gasteiger charge is 2.44. The first kappa shape index (κ1) is 29.5. The van der Waals surface area contributed by atoms with Crippen LogP contribution in [-0.2, 0) is 10.8 Å². The molecule has 0 atom stereocenters. The largest absolute Gasteiger partial charge is 0.455 e. The van der Waals surface area contributed by atoms with E-state index < -0.39 is 0 Å². The van der Waals surface area contributed by atoms with Gasteiger partial charge in [-0.25, -0.2) is 0 Å². The molecule has 0 spiro atoms. The minimum absolute atomic E-state index is 0.0350. The van der Waals surface area contributed by atoms with E-state index in [1.54, 1.807) is 0 Å². The summed E-state index contributed by atoms with van der Waals surface area (Å²) in [6.07, 6.45) is 0. The summed E-state index contributed by atoms with van der Waals surface area (Å²) >= 11 is 1.97. The Labute approximate surface area is 301 Å². The SMILES string of the molecule is CC(C)(C)c1ccc(N2c3cccc4c3B(c3sc5ccc(C(C)(C)C)cc5c32)c2cc3c5ccccc5oc3c3c5ccccc5n-4c23)cc1. The van der Waals surface area contributed by atoms with Crippen LogP contribution in [0.1, 0.15) is 52.7 Å².